The van der Waals surface area contributed by atoms with Gasteiger partial charge in [-0.2, -0.15) is 18.2 Å². The van der Waals surface area contributed by atoms with E-state index in [-0.39, 0.29) is 17.5 Å². The first-order valence-corrected chi connectivity index (χ1v) is 5.32. The van der Waals surface area contributed by atoms with Gasteiger partial charge in [0.2, 0.25) is 5.89 Å². The third kappa shape index (κ3) is 3.99. The predicted molar refractivity (Wildman–Crippen MR) is 55.2 cm³/mol. The van der Waals surface area contributed by atoms with E-state index < -0.39 is 12.0 Å². The first kappa shape index (κ1) is 14.0. The third-order valence-electron chi connectivity index (χ3n) is 2.01. The van der Waals surface area contributed by atoms with E-state index in [4.69, 9.17) is 0 Å². The molecule has 1 aromatic heterocycles. The zero-order valence-electron chi connectivity index (χ0n) is 10.2. The van der Waals surface area contributed by atoms with E-state index in [1.165, 1.54) is 0 Å². The molecule has 17 heavy (non-hydrogen) atoms. The molecule has 98 valence electrons. The SMILES string of the molecule is CCC(NC(C)(C)C)c1nc(C(F)(F)F)no1. The molecule has 1 N–H and O–H groups in total. The van der Waals surface area contributed by atoms with Gasteiger partial charge in [-0.15, -0.1) is 0 Å². The van der Waals surface area contributed by atoms with Crippen LogP contribution in [0.2, 0.25) is 0 Å². The monoisotopic (exact) mass is 251 g/mol. The number of alkyl halides is 3. The van der Waals surface area contributed by atoms with Gasteiger partial charge in [0.05, 0.1) is 6.04 Å². The summed E-state index contributed by atoms with van der Waals surface area (Å²) in [6.45, 7) is 7.57. The highest BCUT2D eigenvalue weighted by Crippen LogP contribution is 2.28. The van der Waals surface area contributed by atoms with Crippen molar-refractivity contribution in [3.63, 3.8) is 0 Å². The molecule has 7 heteroatoms. The Morgan fingerprint density at radius 3 is 2.24 bits per heavy atom. The molecule has 0 saturated carbocycles. The number of aromatic nitrogens is 2. The Labute approximate surface area is 97.6 Å². The molecule has 1 aromatic rings. The minimum atomic E-state index is -4.57. The number of hydrogen-bond donors (Lipinski definition) is 1. The van der Waals surface area contributed by atoms with Crippen molar-refractivity contribution in [2.45, 2.75) is 51.9 Å². The lowest BCUT2D eigenvalue weighted by atomic mass is 10.1. The highest BCUT2D eigenvalue weighted by Gasteiger charge is 2.38. The van der Waals surface area contributed by atoms with Crippen LogP contribution in [-0.2, 0) is 6.18 Å². The largest absolute Gasteiger partial charge is 0.455 e. The second-order valence-electron chi connectivity index (χ2n) is 4.81. The molecule has 1 rings (SSSR count). The van der Waals surface area contributed by atoms with Crippen molar-refractivity contribution >= 4 is 0 Å². The fraction of sp³-hybridized carbons (Fsp3) is 0.800. The molecule has 0 saturated heterocycles. The summed E-state index contributed by atoms with van der Waals surface area (Å²) in [4.78, 5) is 3.37. The van der Waals surface area contributed by atoms with Gasteiger partial charge in [0.25, 0.3) is 5.82 Å². The second-order valence-corrected chi connectivity index (χ2v) is 4.81. The summed E-state index contributed by atoms with van der Waals surface area (Å²) in [6.07, 6.45) is -4.00. The quantitative estimate of drug-likeness (QED) is 0.897. The average molecular weight is 251 g/mol. The van der Waals surface area contributed by atoms with Crippen LogP contribution < -0.4 is 5.32 Å². The zero-order chi connectivity index (χ0) is 13.3. The van der Waals surface area contributed by atoms with Gasteiger partial charge in [-0.05, 0) is 27.2 Å². The summed E-state index contributed by atoms with van der Waals surface area (Å²) in [7, 11) is 0. The molecule has 0 amide bonds. The molecule has 0 aliphatic heterocycles. The molecule has 0 fully saturated rings. The molecule has 1 unspecified atom stereocenters. The Morgan fingerprint density at radius 2 is 1.88 bits per heavy atom. The molecule has 0 aromatic carbocycles. The van der Waals surface area contributed by atoms with E-state index in [1.54, 1.807) is 0 Å². The maximum atomic E-state index is 12.3. The number of halogens is 3. The summed E-state index contributed by atoms with van der Waals surface area (Å²) < 4.78 is 41.5. The standard InChI is InChI=1S/C10H16F3N3O/c1-5-6(15-9(2,3)4)7-14-8(16-17-7)10(11,12)13/h6,15H,5H2,1-4H3. The maximum Gasteiger partial charge on any atom is 0.455 e. The van der Waals surface area contributed by atoms with Crippen LogP contribution in [-0.4, -0.2) is 15.7 Å². The van der Waals surface area contributed by atoms with Crippen molar-refractivity contribution in [1.29, 1.82) is 0 Å². The van der Waals surface area contributed by atoms with Crippen LogP contribution in [0.25, 0.3) is 0 Å². The Bertz CT molecular complexity index is 368. The van der Waals surface area contributed by atoms with Gasteiger partial charge in [-0.3, -0.25) is 0 Å². The van der Waals surface area contributed by atoms with Crippen LogP contribution in [0.5, 0.6) is 0 Å². The molecule has 0 radical (unpaired) electrons. The molecule has 1 heterocycles. The summed E-state index contributed by atoms with van der Waals surface area (Å²) >= 11 is 0. The lowest BCUT2D eigenvalue weighted by molar-refractivity contribution is -0.146. The average Bonchev–Trinajstić information content (AvgIpc) is 2.60. The molecule has 4 nitrogen and oxygen atoms in total. The first-order valence-electron chi connectivity index (χ1n) is 5.32. The number of hydrogen-bond acceptors (Lipinski definition) is 4. The predicted octanol–water partition coefficient (Wildman–Crippen LogP) is 2.93. The molecule has 0 spiro atoms. The molecular formula is C10H16F3N3O. The van der Waals surface area contributed by atoms with Crippen LogP contribution in [0.4, 0.5) is 13.2 Å². The van der Waals surface area contributed by atoms with Crippen LogP contribution >= 0.6 is 0 Å². The molecule has 0 aliphatic carbocycles. The van der Waals surface area contributed by atoms with Crippen molar-refractivity contribution in [1.82, 2.24) is 15.5 Å². The second kappa shape index (κ2) is 4.64. The Hall–Kier alpha value is -1.11. The third-order valence-corrected chi connectivity index (χ3v) is 2.01. The van der Waals surface area contributed by atoms with Gasteiger partial charge in [0.1, 0.15) is 0 Å². The van der Waals surface area contributed by atoms with Gasteiger partial charge in [-0.25, -0.2) is 0 Å². The van der Waals surface area contributed by atoms with Crippen molar-refractivity contribution in [3.05, 3.63) is 11.7 Å². The van der Waals surface area contributed by atoms with E-state index in [9.17, 15) is 13.2 Å². The summed E-state index contributed by atoms with van der Waals surface area (Å²) in [5, 5.41) is 6.06. The topological polar surface area (TPSA) is 51.0 Å². The molecule has 0 bridgehead atoms. The van der Waals surface area contributed by atoms with Gasteiger partial charge in [0, 0.05) is 5.54 Å². The molecular weight excluding hydrogens is 235 g/mol. The van der Waals surface area contributed by atoms with E-state index >= 15 is 0 Å². The summed E-state index contributed by atoms with van der Waals surface area (Å²) in [5.41, 5.74) is -0.243. The smallest absolute Gasteiger partial charge is 0.337 e. The lowest BCUT2D eigenvalue weighted by Gasteiger charge is -2.25. The van der Waals surface area contributed by atoms with Crippen molar-refractivity contribution in [3.8, 4) is 0 Å². The van der Waals surface area contributed by atoms with Crippen molar-refractivity contribution in [2.75, 3.05) is 0 Å². The van der Waals surface area contributed by atoms with Crippen molar-refractivity contribution in [2.24, 2.45) is 0 Å². The minimum Gasteiger partial charge on any atom is -0.337 e. The number of nitrogens with one attached hydrogen (secondary N) is 1. The number of nitrogens with zero attached hydrogens (tertiary/aromatic N) is 2. The van der Waals surface area contributed by atoms with Crippen LogP contribution in [0.1, 0.15) is 51.9 Å². The minimum absolute atomic E-state index is 0.0326. The fourth-order valence-corrected chi connectivity index (χ4v) is 1.35. The van der Waals surface area contributed by atoms with Crippen LogP contribution in [0, 0.1) is 0 Å². The van der Waals surface area contributed by atoms with Gasteiger partial charge in [0.15, 0.2) is 0 Å². The molecule has 1 atom stereocenters. The summed E-state index contributed by atoms with van der Waals surface area (Å²) in [5.74, 6) is -1.27. The first-order chi connectivity index (χ1) is 7.63. The number of rotatable bonds is 3. The van der Waals surface area contributed by atoms with Crippen molar-refractivity contribution < 1.29 is 17.7 Å². The Balaban J connectivity index is 2.87. The summed E-state index contributed by atoms with van der Waals surface area (Å²) in [6, 6.07) is -0.376. The van der Waals surface area contributed by atoms with Gasteiger partial charge >= 0.3 is 6.18 Å². The fourth-order valence-electron chi connectivity index (χ4n) is 1.35. The maximum absolute atomic E-state index is 12.3. The zero-order valence-corrected chi connectivity index (χ0v) is 10.2. The Kier molecular flexibility index (Phi) is 3.81. The highest BCUT2D eigenvalue weighted by molar-refractivity contribution is 4.97. The molecule has 0 aliphatic rings. The van der Waals surface area contributed by atoms with Crippen LogP contribution in [0.3, 0.4) is 0 Å². The highest BCUT2D eigenvalue weighted by atomic mass is 19.4. The van der Waals surface area contributed by atoms with Crippen LogP contribution in [0.15, 0.2) is 4.52 Å². The van der Waals surface area contributed by atoms with E-state index in [0.717, 1.165) is 0 Å². The van der Waals surface area contributed by atoms with Gasteiger partial charge < -0.3 is 9.84 Å². The lowest BCUT2D eigenvalue weighted by Crippen LogP contribution is -2.38. The van der Waals surface area contributed by atoms with E-state index in [1.807, 2.05) is 27.7 Å². The van der Waals surface area contributed by atoms with E-state index in [0.29, 0.717) is 6.42 Å². The normalized spacial score (nSPS) is 15.0. The Morgan fingerprint density at radius 1 is 1.29 bits per heavy atom. The van der Waals surface area contributed by atoms with Gasteiger partial charge in [-0.1, -0.05) is 12.1 Å². The van der Waals surface area contributed by atoms with E-state index in [2.05, 4.69) is 20.0 Å².